The molecule has 0 saturated heterocycles. The molecule has 0 radical (unpaired) electrons. The fraction of sp³-hybridized carbons (Fsp3) is 0.357. The largest absolute Gasteiger partial charge is 0.481 e. The van der Waals surface area contributed by atoms with Crippen LogP contribution >= 0.6 is 0 Å². The number of carbonyl (C=O) groups is 1. The molecule has 1 aromatic carbocycles. The molecule has 1 rings (SSSR count). The number of carboxylic acid groups (broad SMARTS) is 1. The maximum atomic E-state index is 10.3. The van der Waals surface area contributed by atoms with Gasteiger partial charge in [0.1, 0.15) is 0 Å². The highest BCUT2D eigenvalue weighted by Gasteiger charge is 1.96. The summed E-state index contributed by atoms with van der Waals surface area (Å²) in [6, 6.07) is 7.68. The zero-order valence-electron chi connectivity index (χ0n) is 9.80. The lowest BCUT2D eigenvalue weighted by Crippen LogP contribution is -1.92. The number of hydrogen-bond donors (Lipinski definition) is 2. The number of carboxylic acids is 1. The minimum atomic E-state index is -0.736. The van der Waals surface area contributed by atoms with E-state index in [-0.39, 0.29) is 13.0 Å². The van der Waals surface area contributed by atoms with Gasteiger partial charge in [0.15, 0.2) is 0 Å². The van der Waals surface area contributed by atoms with Crippen LogP contribution in [-0.4, -0.2) is 16.2 Å². The predicted octanol–water partition coefficient (Wildman–Crippen LogP) is 2.84. The van der Waals surface area contributed by atoms with Crippen molar-refractivity contribution in [2.45, 2.75) is 32.3 Å². The van der Waals surface area contributed by atoms with Crippen molar-refractivity contribution >= 4 is 12.0 Å². The third-order valence-electron chi connectivity index (χ3n) is 2.53. The van der Waals surface area contributed by atoms with Gasteiger partial charge in [-0.15, -0.1) is 0 Å². The van der Waals surface area contributed by atoms with Gasteiger partial charge in [0.05, 0.1) is 6.61 Å². The summed E-state index contributed by atoms with van der Waals surface area (Å²) < 4.78 is 0. The Bertz CT molecular complexity index is 383. The van der Waals surface area contributed by atoms with E-state index in [9.17, 15) is 4.79 Å². The fourth-order valence-corrected chi connectivity index (χ4v) is 1.59. The molecule has 0 aliphatic rings. The van der Waals surface area contributed by atoms with Gasteiger partial charge in [0.25, 0.3) is 0 Å². The topological polar surface area (TPSA) is 57.5 Å². The molecule has 3 heteroatoms. The van der Waals surface area contributed by atoms with Crippen molar-refractivity contribution in [3.05, 3.63) is 41.5 Å². The molecule has 0 saturated carbocycles. The van der Waals surface area contributed by atoms with Crippen LogP contribution in [0.25, 0.3) is 6.08 Å². The van der Waals surface area contributed by atoms with Crippen LogP contribution in [0.5, 0.6) is 0 Å². The van der Waals surface area contributed by atoms with Crippen molar-refractivity contribution in [3.8, 4) is 0 Å². The number of hydrogen-bond acceptors (Lipinski definition) is 2. The molecule has 1 aromatic rings. The first-order valence-corrected chi connectivity index (χ1v) is 5.81. The van der Waals surface area contributed by atoms with E-state index in [1.165, 1.54) is 0 Å². The third kappa shape index (κ3) is 5.31. The van der Waals surface area contributed by atoms with Crippen LogP contribution in [0.4, 0.5) is 0 Å². The third-order valence-corrected chi connectivity index (χ3v) is 2.53. The smallest absolute Gasteiger partial charge is 0.303 e. The summed E-state index contributed by atoms with van der Waals surface area (Å²) in [5.41, 5.74) is 1.93. The lowest BCUT2D eigenvalue weighted by Gasteiger charge is -2.01. The lowest BCUT2D eigenvalue weighted by molar-refractivity contribution is -0.137. The summed E-state index contributed by atoms with van der Waals surface area (Å²) in [6.45, 7) is 0.0412. The highest BCUT2D eigenvalue weighted by Crippen LogP contribution is 2.11. The Kier molecular flexibility index (Phi) is 6.04. The van der Waals surface area contributed by atoms with Crippen molar-refractivity contribution in [1.82, 2.24) is 0 Å². The van der Waals surface area contributed by atoms with E-state index in [1.54, 1.807) is 0 Å². The zero-order chi connectivity index (χ0) is 12.5. The van der Waals surface area contributed by atoms with Crippen molar-refractivity contribution in [3.63, 3.8) is 0 Å². The number of unbranched alkanes of at least 4 members (excludes halogenated alkanes) is 2. The zero-order valence-corrected chi connectivity index (χ0v) is 9.80. The van der Waals surface area contributed by atoms with Gasteiger partial charge in [0, 0.05) is 6.42 Å². The molecule has 0 aromatic heterocycles. The van der Waals surface area contributed by atoms with Crippen LogP contribution in [-0.2, 0) is 11.4 Å². The number of aliphatic hydroxyl groups excluding tert-OH is 1. The van der Waals surface area contributed by atoms with Gasteiger partial charge in [-0.25, -0.2) is 0 Å². The molecule has 2 N–H and O–H groups in total. The van der Waals surface area contributed by atoms with E-state index in [2.05, 4.69) is 0 Å². The van der Waals surface area contributed by atoms with E-state index in [0.717, 1.165) is 24.0 Å². The molecule has 0 aliphatic heterocycles. The Morgan fingerprint density at radius 1 is 1.24 bits per heavy atom. The van der Waals surface area contributed by atoms with Gasteiger partial charge < -0.3 is 10.2 Å². The minimum absolute atomic E-state index is 0.0412. The fourth-order valence-electron chi connectivity index (χ4n) is 1.59. The number of rotatable bonds is 7. The highest BCUT2D eigenvalue weighted by atomic mass is 16.4. The molecular weight excluding hydrogens is 216 g/mol. The maximum absolute atomic E-state index is 10.3. The Labute approximate surface area is 101 Å². The van der Waals surface area contributed by atoms with Crippen LogP contribution in [0, 0.1) is 0 Å². The van der Waals surface area contributed by atoms with Crippen LogP contribution in [0.1, 0.15) is 36.8 Å². The Morgan fingerprint density at radius 2 is 2.00 bits per heavy atom. The van der Waals surface area contributed by atoms with E-state index in [1.807, 2.05) is 36.4 Å². The molecule has 17 heavy (non-hydrogen) atoms. The summed E-state index contributed by atoms with van der Waals surface area (Å²) in [5, 5.41) is 17.6. The van der Waals surface area contributed by atoms with Gasteiger partial charge in [-0.05, 0) is 30.4 Å². The van der Waals surface area contributed by atoms with Crippen molar-refractivity contribution in [2.24, 2.45) is 0 Å². The molecule has 0 atom stereocenters. The Hall–Kier alpha value is -1.61. The van der Waals surface area contributed by atoms with Crippen molar-refractivity contribution in [2.75, 3.05) is 0 Å². The summed E-state index contributed by atoms with van der Waals surface area (Å²) >= 11 is 0. The summed E-state index contributed by atoms with van der Waals surface area (Å²) in [7, 11) is 0. The first-order chi connectivity index (χ1) is 8.24. The molecular formula is C14H18O3. The summed E-state index contributed by atoms with van der Waals surface area (Å²) in [5.74, 6) is -0.736. The van der Waals surface area contributed by atoms with Gasteiger partial charge in [-0.3, -0.25) is 4.79 Å². The minimum Gasteiger partial charge on any atom is -0.481 e. The summed E-state index contributed by atoms with van der Waals surface area (Å²) in [6.07, 6.45) is 6.70. The molecule has 0 aliphatic carbocycles. The van der Waals surface area contributed by atoms with Crippen LogP contribution in [0.15, 0.2) is 30.3 Å². The van der Waals surface area contributed by atoms with E-state index in [0.29, 0.717) is 6.42 Å². The van der Waals surface area contributed by atoms with Crippen LogP contribution in [0.2, 0.25) is 0 Å². The molecule has 0 amide bonds. The second-order valence-electron chi connectivity index (χ2n) is 3.90. The predicted molar refractivity (Wildman–Crippen MR) is 67.5 cm³/mol. The lowest BCUT2D eigenvalue weighted by atomic mass is 10.1. The molecule has 3 nitrogen and oxygen atoms in total. The first-order valence-electron chi connectivity index (χ1n) is 5.81. The molecule has 0 spiro atoms. The molecule has 0 heterocycles. The average molecular weight is 234 g/mol. The van der Waals surface area contributed by atoms with Crippen molar-refractivity contribution < 1.29 is 15.0 Å². The SMILES string of the molecule is O=C(O)CCCCC=Cc1ccccc1CO. The van der Waals surface area contributed by atoms with Gasteiger partial charge in [-0.2, -0.15) is 0 Å². The van der Waals surface area contributed by atoms with Gasteiger partial charge in [-0.1, -0.05) is 36.4 Å². The number of allylic oxidation sites excluding steroid dienone is 1. The molecule has 0 unspecified atom stereocenters. The molecule has 0 bridgehead atoms. The molecule has 92 valence electrons. The average Bonchev–Trinajstić information content (AvgIpc) is 2.33. The van der Waals surface area contributed by atoms with Gasteiger partial charge in [0.2, 0.25) is 0 Å². The van der Waals surface area contributed by atoms with Gasteiger partial charge >= 0.3 is 5.97 Å². The standard InChI is InChI=1S/C14H18O3/c15-11-13-9-6-5-8-12(13)7-3-1-2-4-10-14(16)17/h3,5-9,15H,1-2,4,10-11H2,(H,16,17). The van der Waals surface area contributed by atoms with E-state index in [4.69, 9.17) is 10.2 Å². The number of aliphatic carboxylic acids is 1. The number of benzene rings is 1. The van der Waals surface area contributed by atoms with E-state index < -0.39 is 5.97 Å². The monoisotopic (exact) mass is 234 g/mol. The Balaban J connectivity index is 2.35. The van der Waals surface area contributed by atoms with E-state index >= 15 is 0 Å². The second kappa shape index (κ2) is 7.63. The summed E-state index contributed by atoms with van der Waals surface area (Å²) in [4.78, 5) is 10.3. The highest BCUT2D eigenvalue weighted by molar-refractivity contribution is 5.66. The van der Waals surface area contributed by atoms with Crippen molar-refractivity contribution in [1.29, 1.82) is 0 Å². The second-order valence-corrected chi connectivity index (χ2v) is 3.90. The number of aliphatic hydroxyl groups is 1. The maximum Gasteiger partial charge on any atom is 0.303 e. The van der Waals surface area contributed by atoms with Crippen LogP contribution in [0.3, 0.4) is 0 Å². The normalized spacial score (nSPS) is 10.9. The Morgan fingerprint density at radius 3 is 2.71 bits per heavy atom. The quantitative estimate of drug-likeness (QED) is 0.713. The molecule has 0 fully saturated rings. The first kappa shape index (κ1) is 13.5. The van der Waals surface area contributed by atoms with Crippen LogP contribution < -0.4 is 0 Å².